The van der Waals surface area contributed by atoms with Gasteiger partial charge in [0.05, 0.1) is 6.54 Å². The highest BCUT2D eigenvalue weighted by molar-refractivity contribution is 5.98. The molecule has 1 saturated carbocycles. The summed E-state index contributed by atoms with van der Waals surface area (Å²) in [6.45, 7) is 0.296. The van der Waals surface area contributed by atoms with E-state index in [1.165, 1.54) is 6.07 Å². The van der Waals surface area contributed by atoms with Crippen molar-refractivity contribution in [3.05, 3.63) is 53.8 Å². The van der Waals surface area contributed by atoms with Crippen molar-refractivity contribution in [2.75, 3.05) is 6.54 Å². The highest BCUT2D eigenvalue weighted by atomic mass is 19.1. The molecule has 6 heteroatoms. The molecule has 1 aromatic heterocycles. The van der Waals surface area contributed by atoms with Crippen LogP contribution in [-0.2, 0) is 0 Å². The first-order valence-corrected chi connectivity index (χ1v) is 8.78. The number of oxazole rings is 1. The van der Waals surface area contributed by atoms with Gasteiger partial charge >= 0.3 is 0 Å². The summed E-state index contributed by atoms with van der Waals surface area (Å²) in [4.78, 5) is 16.5. The summed E-state index contributed by atoms with van der Waals surface area (Å²) in [6, 6.07) is 12.2. The van der Waals surface area contributed by atoms with Gasteiger partial charge < -0.3 is 15.5 Å². The molecule has 1 fully saturated rings. The van der Waals surface area contributed by atoms with Gasteiger partial charge in [-0.15, -0.1) is 0 Å². The van der Waals surface area contributed by atoms with E-state index in [4.69, 9.17) is 10.2 Å². The smallest absolute Gasteiger partial charge is 0.227 e. The molecule has 26 heavy (non-hydrogen) atoms. The maximum absolute atomic E-state index is 13.7. The molecular weight excluding hydrogens is 333 g/mol. The normalized spacial score (nSPS) is 19.9. The molecule has 3 aromatic rings. The Kier molecular flexibility index (Phi) is 4.53. The number of nitrogens with zero attached hydrogens (tertiary/aromatic N) is 1. The van der Waals surface area contributed by atoms with Gasteiger partial charge in [0.15, 0.2) is 17.2 Å². The van der Waals surface area contributed by atoms with Crippen molar-refractivity contribution in [1.82, 2.24) is 10.3 Å². The molecule has 1 aliphatic carbocycles. The summed E-state index contributed by atoms with van der Waals surface area (Å²) in [7, 11) is 0. The lowest BCUT2D eigenvalue weighted by molar-refractivity contribution is 0.0987. The Hall–Kier alpha value is -2.57. The van der Waals surface area contributed by atoms with Crippen LogP contribution in [0.25, 0.3) is 22.6 Å². The second kappa shape index (κ2) is 6.97. The number of ketones is 1. The fourth-order valence-corrected chi connectivity index (χ4v) is 3.38. The van der Waals surface area contributed by atoms with Crippen LogP contribution in [0.3, 0.4) is 0 Å². The average molecular weight is 353 g/mol. The molecule has 0 saturated heterocycles. The Morgan fingerprint density at radius 1 is 1.23 bits per heavy atom. The van der Waals surface area contributed by atoms with Crippen LogP contribution < -0.4 is 11.1 Å². The lowest BCUT2D eigenvalue weighted by atomic mass is 10.1. The van der Waals surface area contributed by atoms with E-state index in [2.05, 4.69) is 10.3 Å². The second-order valence-corrected chi connectivity index (χ2v) is 6.76. The molecule has 1 heterocycles. The van der Waals surface area contributed by atoms with Crippen molar-refractivity contribution in [1.29, 1.82) is 0 Å². The molecular formula is C20H20FN3O2. The van der Waals surface area contributed by atoms with E-state index in [0.717, 1.165) is 19.3 Å². The summed E-state index contributed by atoms with van der Waals surface area (Å²) in [5.41, 5.74) is 7.82. The number of carbonyl (C=O) groups excluding carboxylic acids is 1. The first-order valence-electron chi connectivity index (χ1n) is 8.78. The number of hydrogen-bond acceptors (Lipinski definition) is 5. The molecule has 0 bridgehead atoms. The van der Waals surface area contributed by atoms with Crippen molar-refractivity contribution in [2.24, 2.45) is 5.73 Å². The van der Waals surface area contributed by atoms with Gasteiger partial charge in [-0.25, -0.2) is 9.37 Å². The number of carbonyl (C=O) groups is 1. The van der Waals surface area contributed by atoms with Crippen LogP contribution in [0.15, 0.2) is 46.9 Å². The first kappa shape index (κ1) is 16.9. The third-order valence-corrected chi connectivity index (χ3v) is 4.85. The van der Waals surface area contributed by atoms with Crippen LogP contribution in [0.5, 0.6) is 0 Å². The fourth-order valence-electron chi connectivity index (χ4n) is 3.38. The van der Waals surface area contributed by atoms with Crippen LogP contribution in [0, 0.1) is 5.82 Å². The largest absolute Gasteiger partial charge is 0.436 e. The lowest BCUT2D eigenvalue weighted by Crippen LogP contribution is -2.33. The monoisotopic (exact) mass is 353 g/mol. The van der Waals surface area contributed by atoms with Crippen molar-refractivity contribution in [3.63, 3.8) is 0 Å². The number of nitrogens with one attached hydrogen (secondary N) is 1. The molecule has 2 aromatic carbocycles. The lowest BCUT2D eigenvalue weighted by Gasteiger charge is -2.11. The van der Waals surface area contributed by atoms with Crippen molar-refractivity contribution >= 4 is 16.9 Å². The average Bonchev–Trinajstić information content (AvgIpc) is 3.27. The number of Topliss-reactive ketones (excluding diaryl/α,β-unsaturated/α-hetero) is 1. The SMILES string of the molecule is N[C@H]1CC[C@@H](NCC(=O)c2ccc(-c3nc4c(F)cccc4o3)cc2)C1. The van der Waals surface area contributed by atoms with Crippen LogP contribution in [0.4, 0.5) is 4.39 Å². The number of para-hydroxylation sites is 1. The summed E-state index contributed by atoms with van der Waals surface area (Å²) in [6.07, 6.45) is 2.94. The predicted molar refractivity (Wildman–Crippen MR) is 97.4 cm³/mol. The molecule has 1 aliphatic rings. The number of aromatic nitrogens is 1. The van der Waals surface area contributed by atoms with Crippen molar-refractivity contribution in [2.45, 2.75) is 31.3 Å². The molecule has 5 nitrogen and oxygen atoms in total. The number of rotatable bonds is 5. The van der Waals surface area contributed by atoms with E-state index in [-0.39, 0.29) is 17.3 Å². The Balaban J connectivity index is 1.45. The van der Waals surface area contributed by atoms with Crippen LogP contribution in [0.1, 0.15) is 29.6 Å². The number of nitrogens with two attached hydrogens (primary N) is 1. The molecule has 0 radical (unpaired) electrons. The molecule has 0 spiro atoms. The number of halogens is 1. The van der Waals surface area contributed by atoms with E-state index < -0.39 is 5.82 Å². The molecule has 3 N–H and O–H groups in total. The van der Waals surface area contributed by atoms with E-state index in [9.17, 15) is 9.18 Å². The van der Waals surface area contributed by atoms with Gasteiger partial charge in [0.25, 0.3) is 0 Å². The van der Waals surface area contributed by atoms with Gasteiger partial charge in [-0.05, 0) is 43.5 Å². The maximum atomic E-state index is 13.7. The molecule has 4 rings (SSSR count). The standard InChI is InChI=1S/C20H20FN3O2/c21-16-2-1-3-18-19(16)24-20(26-18)13-6-4-12(5-7-13)17(25)11-23-15-9-8-14(22)10-15/h1-7,14-15,23H,8-11,22H2/t14-,15+/m0/s1. The molecule has 134 valence electrons. The van der Waals surface area contributed by atoms with Crippen molar-refractivity contribution in [3.8, 4) is 11.5 Å². The highest BCUT2D eigenvalue weighted by Crippen LogP contribution is 2.26. The van der Waals surface area contributed by atoms with Gasteiger partial charge in [-0.3, -0.25) is 4.79 Å². The summed E-state index contributed by atoms with van der Waals surface area (Å²) >= 11 is 0. The number of fused-ring (bicyclic) bond motifs is 1. The zero-order valence-corrected chi connectivity index (χ0v) is 14.2. The van der Waals surface area contributed by atoms with Gasteiger partial charge in [0.2, 0.25) is 5.89 Å². The second-order valence-electron chi connectivity index (χ2n) is 6.76. The minimum atomic E-state index is -0.415. The van der Waals surface area contributed by atoms with Gasteiger partial charge in [-0.1, -0.05) is 18.2 Å². The quantitative estimate of drug-likeness (QED) is 0.688. The third kappa shape index (κ3) is 3.38. The van der Waals surface area contributed by atoms with Crippen LogP contribution >= 0.6 is 0 Å². The Morgan fingerprint density at radius 2 is 2.04 bits per heavy atom. The fraction of sp³-hybridized carbons (Fsp3) is 0.300. The molecule has 0 unspecified atom stereocenters. The summed E-state index contributed by atoms with van der Waals surface area (Å²) < 4.78 is 19.3. The highest BCUT2D eigenvalue weighted by Gasteiger charge is 2.22. The summed E-state index contributed by atoms with van der Waals surface area (Å²) in [5.74, 6) is -0.0511. The Bertz CT molecular complexity index is 936. The predicted octanol–water partition coefficient (Wildman–Crippen LogP) is 3.29. The number of hydrogen-bond donors (Lipinski definition) is 2. The minimum Gasteiger partial charge on any atom is -0.436 e. The van der Waals surface area contributed by atoms with Gasteiger partial charge in [0.1, 0.15) is 5.52 Å². The van der Waals surface area contributed by atoms with Gasteiger partial charge in [-0.2, -0.15) is 0 Å². The van der Waals surface area contributed by atoms with E-state index in [1.807, 2.05) is 0 Å². The molecule has 2 atom stereocenters. The molecule has 0 aliphatic heterocycles. The van der Waals surface area contributed by atoms with Crippen molar-refractivity contribution < 1.29 is 13.6 Å². The third-order valence-electron chi connectivity index (χ3n) is 4.85. The Labute approximate surface area is 150 Å². The van der Waals surface area contributed by atoms with Gasteiger partial charge in [0, 0.05) is 23.2 Å². The zero-order valence-electron chi connectivity index (χ0n) is 14.2. The Morgan fingerprint density at radius 3 is 2.73 bits per heavy atom. The topological polar surface area (TPSA) is 81.1 Å². The van der Waals surface area contributed by atoms with E-state index in [0.29, 0.717) is 35.2 Å². The first-order chi connectivity index (χ1) is 12.6. The summed E-state index contributed by atoms with van der Waals surface area (Å²) in [5, 5.41) is 3.28. The number of benzene rings is 2. The minimum absolute atomic E-state index is 0.0284. The van der Waals surface area contributed by atoms with E-state index >= 15 is 0 Å². The van der Waals surface area contributed by atoms with Crippen LogP contribution in [0.2, 0.25) is 0 Å². The van der Waals surface area contributed by atoms with E-state index in [1.54, 1.807) is 36.4 Å². The van der Waals surface area contributed by atoms with Crippen LogP contribution in [-0.4, -0.2) is 29.4 Å². The maximum Gasteiger partial charge on any atom is 0.227 e. The molecule has 0 amide bonds. The zero-order chi connectivity index (χ0) is 18.1.